The van der Waals surface area contributed by atoms with Gasteiger partial charge in [0.2, 0.25) is 0 Å². The predicted octanol–water partition coefficient (Wildman–Crippen LogP) is 3.52. The second-order valence-corrected chi connectivity index (χ2v) is 5.58. The van der Waals surface area contributed by atoms with Crippen LogP contribution in [-0.2, 0) is 0 Å². The lowest BCUT2D eigenvalue weighted by molar-refractivity contribution is 0.315. The molecule has 1 saturated heterocycles. The Kier molecular flexibility index (Phi) is 3.58. The summed E-state index contributed by atoms with van der Waals surface area (Å²) in [5, 5.41) is 4.25. The molecule has 1 aliphatic heterocycles. The van der Waals surface area contributed by atoms with E-state index < -0.39 is 0 Å². The molecule has 0 aliphatic carbocycles. The van der Waals surface area contributed by atoms with Crippen LogP contribution in [0.2, 0.25) is 5.02 Å². The molecule has 2 heterocycles. The zero-order valence-corrected chi connectivity index (χ0v) is 11.8. The second-order valence-electron chi connectivity index (χ2n) is 5.17. The van der Waals surface area contributed by atoms with Crippen molar-refractivity contribution in [1.82, 2.24) is 14.9 Å². The van der Waals surface area contributed by atoms with Gasteiger partial charge in [-0.1, -0.05) is 23.7 Å². The van der Waals surface area contributed by atoms with Gasteiger partial charge < -0.3 is 9.88 Å². The quantitative estimate of drug-likeness (QED) is 0.909. The number of hydrogen-bond acceptors (Lipinski definition) is 2. The summed E-state index contributed by atoms with van der Waals surface area (Å²) in [6.45, 7) is 3.30. The first-order chi connectivity index (χ1) is 9.25. The molecule has 0 spiro atoms. The number of hydrogen-bond donors (Lipinski definition) is 1. The highest BCUT2D eigenvalue weighted by atomic mass is 35.5. The Morgan fingerprint density at radius 1 is 1.37 bits per heavy atom. The molecule has 1 N–H and O–H groups in total. The van der Waals surface area contributed by atoms with Crippen molar-refractivity contribution in [3.05, 3.63) is 41.7 Å². The topological polar surface area (TPSA) is 29.9 Å². The van der Waals surface area contributed by atoms with E-state index >= 15 is 0 Å². The maximum absolute atomic E-state index is 6.29. The lowest BCUT2D eigenvalue weighted by Gasteiger charge is -2.30. The SMILES string of the molecule is C[C@H]1C[C@H](n2ccnc2-c2ccccc2Cl)CCN1. The minimum Gasteiger partial charge on any atom is -0.328 e. The molecule has 1 aliphatic rings. The summed E-state index contributed by atoms with van der Waals surface area (Å²) in [7, 11) is 0. The molecule has 19 heavy (non-hydrogen) atoms. The van der Waals surface area contributed by atoms with Gasteiger partial charge in [0, 0.05) is 30.0 Å². The summed E-state index contributed by atoms with van der Waals surface area (Å²) in [4.78, 5) is 4.51. The van der Waals surface area contributed by atoms with Crippen LogP contribution >= 0.6 is 11.6 Å². The van der Waals surface area contributed by atoms with Crippen molar-refractivity contribution in [1.29, 1.82) is 0 Å². The maximum atomic E-state index is 6.29. The van der Waals surface area contributed by atoms with Gasteiger partial charge in [-0.2, -0.15) is 0 Å². The zero-order chi connectivity index (χ0) is 13.2. The van der Waals surface area contributed by atoms with Crippen molar-refractivity contribution in [3.8, 4) is 11.4 Å². The molecule has 3 rings (SSSR count). The lowest BCUT2D eigenvalue weighted by Crippen LogP contribution is -2.36. The minimum absolute atomic E-state index is 0.505. The van der Waals surface area contributed by atoms with E-state index in [1.165, 1.54) is 0 Å². The third kappa shape index (κ3) is 2.53. The second kappa shape index (κ2) is 5.35. The standard InChI is InChI=1S/C15H18ClN3/c1-11-10-12(6-7-17-11)19-9-8-18-15(19)13-4-2-3-5-14(13)16/h2-5,8-9,11-12,17H,6-7,10H2,1H3/t11-,12+/m0/s1. The van der Waals surface area contributed by atoms with Gasteiger partial charge in [0.1, 0.15) is 5.82 Å². The van der Waals surface area contributed by atoms with Crippen LogP contribution in [0.3, 0.4) is 0 Å². The van der Waals surface area contributed by atoms with Gasteiger partial charge >= 0.3 is 0 Å². The van der Waals surface area contributed by atoms with Crippen LogP contribution in [0, 0.1) is 0 Å². The van der Waals surface area contributed by atoms with Gasteiger partial charge in [-0.15, -0.1) is 0 Å². The first-order valence-corrected chi connectivity index (χ1v) is 7.14. The number of aromatic nitrogens is 2. The van der Waals surface area contributed by atoms with Crippen LogP contribution in [0.4, 0.5) is 0 Å². The molecule has 0 unspecified atom stereocenters. The number of rotatable bonds is 2. The third-order valence-electron chi connectivity index (χ3n) is 3.77. The molecule has 1 aromatic heterocycles. The Morgan fingerprint density at radius 2 is 2.21 bits per heavy atom. The molecule has 0 radical (unpaired) electrons. The van der Waals surface area contributed by atoms with E-state index in [1.807, 2.05) is 30.5 Å². The molecule has 2 aromatic rings. The fourth-order valence-corrected chi connectivity index (χ4v) is 3.04. The third-order valence-corrected chi connectivity index (χ3v) is 4.10. The van der Waals surface area contributed by atoms with E-state index in [4.69, 9.17) is 11.6 Å². The zero-order valence-electron chi connectivity index (χ0n) is 11.0. The van der Waals surface area contributed by atoms with Crippen LogP contribution < -0.4 is 5.32 Å². The molecule has 1 aromatic carbocycles. The van der Waals surface area contributed by atoms with Crippen LogP contribution in [0.1, 0.15) is 25.8 Å². The molecule has 4 heteroatoms. The van der Waals surface area contributed by atoms with Gasteiger partial charge in [0.05, 0.1) is 5.02 Å². The van der Waals surface area contributed by atoms with Crippen LogP contribution in [0.5, 0.6) is 0 Å². The van der Waals surface area contributed by atoms with Gasteiger partial charge in [-0.3, -0.25) is 0 Å². The number of nitrogens with zero attached hydrogens (tertiary/aromatic N) is 2. The average molecular weight is 276 g/mol. The number of nitrogens with one attached hydrogen (secondary N) is 1. The van der Waals surface area contributed by atoms with E-state index in [2.05, 4.69) is 28.0 Å². The highest BCUT2D eigenvalue weighted by molar-refractivity contribution is 6.33. The smallest absolute Gasteiger partial charge is 0.141 e. The Labute approximate surface area is 118 Å². The van der Waals surface area contributed by atoms with Crippen LogP contribution in [0.15, 0.2) is 36.7 Å². The maximum Gasteiger partial charge on any atom is 0.141 e. The Hall–Kier alpha value is -1.32. The Balaban J connectivity index is 1.96. The van der Waals surface area contributed by atoms with Crippen molar-refractivity contribution in [2.24, 2.45) is 0 Å². The first kappa shape index (κ1) is 12.7. The highest BCUT2D eigenvalue weighted by Crippen LogP contribution is 2.31. The fourth-order valence-electron chi connectivity index (χ4n) is 2.82. The summed E-state index contributed by atoms with van der Waals surface area (Å²) >= 11 is 6.29. The summed E-state index contributed by atoms with van der Waals surface area (Å²) in [5.41, 5.74) is 1.01. The van der Waals surface area contributed by atoms with Crippen LogP contribution in [-0.4, -0.2) is 22.1 Å². The molecule has 0 saturated carbocycles. The average Bonchev–Trinajstić information content (AvgIpc) is 2.88. The van der Waals surface area contributed by atoms with Crippen LogP contribution in [0.25, 0.3) is 11.4 Å². The summed E-state index contributed by atoms with van der Waals surface area (Å²) in [6, 6.07) is 8.97. The van der Waals surface area contributed by atoms with Crippen molar-refractivity contribution in [3.63, 3.8) is 0 Å². The van der Waals surface area contributed by atoms with E-state index in [0.717, 1.165) is 35.8 Å². The molecular formula is C15H18ClN3. The molecular weight excluding hydrogens is 258 g/mol. The van der Waals surface area contributed by atoms with Gasteiger partial charge in [-0.05, 0) is 38.4 Å². The highest BCUT2D eigenvalue weighted by Gasteiger charge is 2.22. The van der Waals surface area contributed by atoms with E-state index in [0.29, 0.717) is 12.1 Å². The van der Waals surface area contributed by atoms with Crippen molar-refractivity contribution >= 4 is 11.6 Å². The molecule has 3 nitrogen and oxygen atoms in total. The molecule has 100 valence electrons. The fraction of sp³-hybridized carbons (Fsp3) is 0.400. The summed E-state index contributed by atoms with van der Waals surface area (Å²) < 4.78 is 2.28. The number of halogens is 1. The number of benzene rings is 1. The largest absolute Gasteiger partial charge is 0.328 e. The number of imidazole rings is 1. The normalized spacial score (nSPS) is 23.5. The van der Waals surface area contributed by atoms with Crippen molar-refractivity contribution < 1.29 is 0 Å². The monoisotopic (exact) mass is 275 g/mol. The Bertz CT molecular complexity index is 564. The van der Waals surface area contributed by atoms with Crippen molar-refractivity contribution in [2.45, 2.75) is 31.8 Å². The van der Waals surface area contributed by atoms with E-state index in [1.54, 1.807) is 0 Å². The van der Waals surface area contributed by atoms with Gasteiger partial charge in [0.15, 0.2) is 0 Å². The van der Waals surface area contributed by atoms with E-state index in [-0.39, 0.29) is 0 Å². The minimum atomic E-state index is 0.505. The van der Waals surface area contributed by atoms with Gasteiger partial charge in [-0.25, -0.2) is 4.98 Å². The summed E-state index contributed by atoms with van der Waals surface area (Å²) in [6.07, 6.45) is 6.21. The molecule has 0 bridgehead atoms. The van der Waals surface area contributed by atoms with Crippen molar-refractivity contribution in [2.75, 3.05) is 6.54 Å². The molecule has 0 amide bonds. The Morgan fingerprint density at radius 3 is 3.00 bits per heavy atom. The molecule has 1 fully saturated rings. The predicted molar refractivity (Wildman–Crippen MR) is 78.4 cm³/mol. The molecule has 2 atom stereocenters. The summed E-state index contributed by atoms with van der Waals surface area (Å²) in [5.74, 6) is 0.977. The van der Waals surface area contributed by atoms with Gasteiger partial charge in [0.25, 0.3) is 0 Å². The van der Waals surface area contributed by atoms with E-state index in [9.17, 15) is 0 Å². The number of piperidine rings is 1. The lowest BCUT2D eigenvalue weighted by atomic mass is 10.00. The first-order valence-electron chi connectivity index (χ1n) is 6.77.